The summed E-state index contributed by atoms with van der Waals surface area (Å²) in [7, 11) is 0. The van der Waals surface area contributed by atoms with E-state index in [1.165, 1.54) is 30.0 Å². The minimum absolute atomic E-state index is 0.000186. The topological polar surface area (TPSA) is 32.3 Å². The van der Waals surface area contributed by atoms with E-state index < -0.39 is 5.82 Å². The number of aromatic hydroxyl groups is 1. The Hall–Kier alpha value is -2.03. The lowest BCUT2D eigenvalue weighted by Crippen LogP contribution is -2.12. The van der Waals surface area contributed by atoms with Crippen LogP contribution in [0.15, 0.2) is 36.4 Å². The standard InChI is InChI=1S/C18H20FNO/c1-12(15-10-9-14(19)11-18(15)21)20-17-8-4-6-13-5-2-3-7-16(13)17/h4,6,8-12,20-21H,2-3,5,7H2,1H3. The molecule has 0 bridgehead atoms. The zero-order valence-electron chi connectivity index (χ0n) is 12.2. The summed E-state index contributed by atoms with van der Waals surface area (Å²) in [4.78, 5) is 0. The number of anilines is 1. The molecule has 0 heterocycles. The van der Waals surface area contributed by atoms with Crippen molar-refractivity contribution in [1.82, 2.24) is 0 Å². The first kappa shape index (κ1) is 13.9. The number of halogens is 1. The number of nitrogens with one attached hydrogen (secondary N) is 1. The maximum Gasteiger partial charge on any atom is 0.126 e. The number of phenols is 1. The van der Waals surface area contributed by atoms with Gasteiger partial charge in [-0.2, -0.15) is 0 Å². The maximum absolute atomic E-state index is 13.1. The lowest BCUT2D eigenvalue weighted by atomic mass is 9.90. The Kier molecular flexibility index (Phi) is 3.82. The van der Waals surface area contributed by atoms with Crippen LogP contribution in [0.25, 0.3) is 0 Å². The highest BCUT2D eigenvalue weighted by atomic mass is 19.1. The third-order valence-electron chi connectivity index (χ3n) is 4.23. The fraction of sp³-hybridized carbons (Fsp3) is 0.333. The molecule has 0 spiro atoms. The third-order valence-corrected chi connectivity index (χ3v) is 4.23. The molecular weight excluding hydrogens is 265 g/mol. The first-order valence-electron chi connectivity index (χ1n) is 7.51. The lowest BCUT2D eigenvalue weighted by Gasteiger charge is -2.23. The van der Waals surface area contributed by atoms with Crippen LogP contribution in [0.2, 0.25) is 0 Å². The molecule has 2 nitrogen and oxygen atoms in total. The summed E-state index contributed by atoms with van der Waals surface area (Å²) >= 11 is 0. The predicted molar refractivity (Wildman–Crippen MR) is 83.2 cm³/mol. The smallest absolute Gasteiger partial charge is 0.126 e. The van der Waals surface area contributed by atoms with Crippen molar-refractivity contribution >= 4 is 5.69 Å². The molecule has 0 aromatic heterocycles. The number of fused-ring (bicyclic) bond motifs is 1. The lowest BCUT2D eigenvalue weighted by molar-refractivity contribution is 0.459. The first-order chi connectivity index (χ1) is 10.1. The van der Waals surface area contributed by atoms with Gasteiger partial charge in [0.25, 0.3) is 0 Å². The van der Waals surface area contributed by atoms with Gasteiger partial charge in [-0.25, -0.2) is 4.39 Å². The van der Waals surface area contributed by atoms with Gasteiger partial charge in [-0.3, -0.25) is 0 Å². The average Bonchev–Trinajstić information content (AvgIpc) is 2.47. The van der Waals surface area contributed by atoms with E-state index in [0.29, 0.717) is 5.56 Å². The summed E-state index contributed by atoms with van der Waals surface area (Å²) in [6.07, 6.45) is 4.72. The Bertz CT molecular complexity index is 654. The Labute approximate surface area is 124 Å². The van der Waals surface area contributed by atoms with Crippen LogP contribution in [0.4, 0.5) is 10.1 Å². The van der Waals surface area contributed by atoms with Crippen molar-refractivity contribution < 1.29 is 9.50 Å². The minimum Gasteiger partial charge on any atom is -0.507 e. The second kappa shape index (κ2) is 5.76. The number of rotatable bonds is 3. The van der Waals surface area contributed by atoms with Crippen LogP contribution in [0.5, 0.6) is 5.75 Å². The van der Waals surface area contributed by atoms with Crippen LogP contribution in [0, 0.1) is 5.82 Å². The van der Waals surface area contributed by atoms with Gasteiger partial charge in [0, 0.05) is 17.3 Å². The zero-order chi connectivity index (χ0) is 14.8. The highest BCUT2D eigenvalue weighted by molar-refractivity contribution is 5.57. The van der Waals surface area contributed by atoms with Gasteiger partial charge < -0.3 is 10.4 Å². The molecule has 3 rings (SSSR count). The van der Waals surface area contributed by atoms with Crippen molar-refractivity contribution in [3.8, 4) is 5.75 Å². The quantitative estimate of drug-likeness (QED) is 0.865. The Morgan fingerprint density at radius 2 is 1.95 bits per heavy atom. The Morgan fingerprint density at radius 3 is 2.76 bits per heavy atom. The molecule has 2 aromatic rings. The summed E-state index contributed by atoms with van der Waals surface area (Å²) in [5.74, 6) is -0.416. The highest BCUT2D eigenvalue weighted by Gasteiger charge is 2.16. The van der Waals surface area contributed by atoms with Gasteiger partial charge in [0.2, 0.25) is 0 Å². The molecule has 0 amide bonds. The molecule has 2 N–H and O–H groups in total. The SMILES string of the molecule is CC(Nc1cccc2c1CCCC2)c1ccc(F)cc1O. The van der Waals surface area contributed by atoms with E-state index in [9.17, 15) is 9.50 Å². The molecule has 2 aromatic carbocycles. The van der Waals surface area contributed by atoms with Crippen molar-refractivity contribution in [3.05, 3.63) is 58.9 Å². The van der Waals surface area contributed by atoms with Gasteiger partial charge in [-0.1, -0.05) is 18.2 Å². The van der Waals surface area contributed by atoms with Gasteiger partial charge in [-0.15, -0.1) is 0 Å². The number of phenolic OH excluding ortho intramolecular Hbond substituents is 1. The van der Waals surface area contributed by atoms with Crippen molar-refractivity contribution in [2.45, 2.75) is 38.6 Å². The van der Waals surface area contributed by atoms with E-state index in [-0.39, 0.29) is 11.8 Å². The molecular formula is C18H20FNO. The van der Waals surface area contributed by atoms with E-state index in [1.807, 2.05) is 6.92 Å². The van der Waals surface area contributed by atoms with Gasteiger partial charge in [0.05, 0.1) is 6.04 Å². The highest BCUT2D eigenvalue weighted by Crippen LogP contribution is 2.32. The fourth-order valence-corrected chi connectivity index (χ4v) is 3.11. The van der Waals surface area contributed by atoms with Crippen LogP contribution < -0.4 is 5.32 Å². The first-order valence-corrected chi connectivity index (χ1v) is 7.51. The molecule has 0 aliphatic heterocycles. The third kappa shape index (κ3) is 2.87. The molecule has 1 unspecified atom stereocenters. The van der Waals surface area contributed by atoms with E-state index in [1.54, 1.807) is 6.07 Å². The summed E-state index contributed by atoms with van der Waals surface area (Å²) in [5.41, 5.74) is 4.65. The number of hydrogen-bond acceptors (Lipinski definition) is 2. The van der Waals surface area contributed by atoms with Crippen LogP contribution in [0.3, 0.4) is 0 Å². The number of hydrogen-bond donors (Lipinski definition) is 2. The molecule has 0 saturated heterocycles. The van der Waals surface area contributed by atoms with Crippen LogP contribution in [0.1, 0.15) is 42.5 Å². The molecule has 21 heavy (non-hydrogen) atoms. The maximum atomic E-state index is 13.1. The van der Waals surface area contributed by atoms with Gasteiger partial charge in [-0.05, 0) is 55.9 Å². The number of benzene rings is 2. The second-order valence-electron chi connectivity index (χ2n) is 5.72. The van der Waals surface area contributed by atoms with Gasteiger partial charge in [0.1, 0.15) is 11.6 Å². The van der Waals surface area contributed by atoms with Crippen LogP contribution in [-0.4, -0.2) is 5.11 Å². The molecule has 0 radical (unpaired) electrons. The van der Waals surface area contributed by atoms with Crippen molar-refractivity contribution in [1.29, 1.82) is 0 Å². The zero-order valence-corrected chi connectivity index (χ0v) is 12.2. The molecule has 3 heteroatoms. The van der Waals surface area contributed by atoms with Gasteiger partial charge >= 0.3 is 0 Å². The fourth-order valence-electron chi connectivity index (χ4n) is 3.11. The monoisotopic (exact) mass is 285 g/mol. The molecule has 0 saturated carbocycles. The van der Waals surface area contributed by atoms with Gasteiger partial charge in [0.15, 0.2) is 0 Å². The van der Waals surface area contributed by atoms with E-state index in [4.69, 9.17) is 0 Å². The second-order valence-corrected chi connectivity index (χ2v) is 5.72. The summed E-state index contributed by atoms with van der Waals surface area (Å²) < 4.78 is 13.1. The van der Waals surface area contributed by atoms with Crippen LogP contribution in [-0.2, 0) is 12.8 Å². The van der Waals surface area contributed by atoms with E-state index in [0.717, 1.165) is 24.6 Å². The summed E-state index contributed by atoms with van der Waals surface area (Å²) in [6, 6.07) is 10.5. The number of aryl methyl sites for hydroxylation is 1. The summed E-state index contributed by atoms with van der Waals surface area (Å²) in [5, 5.41) is 13.4. The molecule has 0 fully saturated rings. The molecule has 110 valence electrons. The minimum atomic E-state index is -0.416. The van der Waals surface area contributed by atoms with Crippen LogP contribution >= 0.6 is 0 Å². The Morgan fingerprint density at radius 1 is 1.14 bits per heavy atom. The summed E-state index contributed by atoms with van der Waals surface area (Å²) in [6.45, 7) is 1.98. The van der Waals surface area contributed by atoms with E-state index >= 15 is 0 Å². The molecule has 1 atom stereocenters. The average molecular weight is 285 g/mol. The van der Waals surface area contributed by atoms with Crippen molar-refractivity contribution in [3.63, 3.8) is 0 Å². The Balaban J connectivity index is 1.86. The van der Waals surface area contributed by atoms with Crippen molar-refractivity contribution in [2.24, 2.45) is 0 Å². The van der Waals surface area contributed by atoms with E-state index in [2.05, 4.69) is 23.5 Å². The molecule has 1 aliphatic carbocycles. The predicted octanol–water partition coefficient (Wildman–Crippen LogP) is 4.58. The largest absolute Gasteiger partial charge is 0.507 e. The normalized spacial score (nSPS) is 15.3. The van der Waals surface area contributed by atoms with Crippen molar-refractivity contribution in [2.75, 3.05) is 5.32 Å². The molecule has 1 aliphatic rings.